The Morgan fingerprint density at radius 3 is 2.45 bits per heavy atom. The van der Waals surface area contributed by atoms with Gasteiger partial charge >= 0.3 is 0 Å². The van der Waals surface area contributed by atoms with Crippen molar-refractivity contribution >= 4 is 21.7 Å². The summed E-state index contributed by atoms with van der Waals surface area (Å²) in [6.45, 7) is 0. The Labute approximate surface area is 125 Å². The summed E-state index contributed by atoms with van der Waals surface area (Å²) in [5, 5.41) is 9.81. The van der Waals surface area contributed by atoms with Crippen molar-refractivity contribution in [3.8, 4) is 11.3 Å². The van der Waals surface area contributed by atoms with Crippen LogP contribution < -0.4 is 11.1 Å². The number of rotatable bonds is 1. The highest BCUT2D eigenvalue weighted by Gasteiger charge is 2.10. The maximum absolute atomic E-state index is 12.4. The van der Waals surface area contributed by atoms with Gasteiger partial charge in [-0.15, -0.1) is 0 Å². The van der Waals surface area contributed by atoms with Crippen molar-refractivity contribution in [2.24, 2.45) is 0 Å². The third kappa shape index (κ3) is 1.85. The van der Waals surface area contributed by atoms with E-state index in [1.165, 1.54) is 0 Å². The minimum absolute atomic E-state index is 0.116. The summed E-state index contributed by atoms with van der Waals surface area (Å²) in [4.78, 5) is 15.2. The first-order valence-electron chi connectivity index (χ1n) is 6.93. The highest BCUT2D eigenvalue weighted by atomic mass is 16.3. The third-order valence-corrected chi connectivity index (χ3v) is 3.73. The van der Waals surface area contributed by atoms with E-state index in [0.717, 1.165) is 22.0 Å². The molecule has 0 spiro atoms. The van der Waals surface area contributed by atoms with E-state index in [2.05, 4.69) is 4.98 Å². The fourth-order valence-corrected chi connectivity index (χ4v) is 2.71. The van der Waals surface area contributed by atoms with Crippen molar-refractivity contribution in [3.05, 3.63) is 76.6 Å². The largest absolute Gasteiger partial charge is 0.438 e. The van der Waals surface area contributed by atoms with Gasteiger partial charge < -0.3 is 9.40 Å². The summed E-state index contributed by atoms with van der Waals surface area (Å²) in [5.74, 6) is 0. The molecule has 4 rings (SSSR count). The van der Waals surface area contributed by atoms with Crippen molar-refractivity contribution in [2.75, 3.05) is 0 Å². The van der Waals surface area contributed by atoms with Gasteiger partial charge in [-0.2, -0.15) is 0 Å². The number of aromatic amines is 1. The van der Waals surface area contributed by atoms with Crippen molar-refractivity contribution in [2.45, 2.75) is 0 Å². The van der Waals surface area contributed by atoms with Crippen LogP contribution in [0.5, 0.6) is 0 Å². The molecule has 0 aliphatic rings. The smallest absolute Gasteiger partial charge is 0.261 e. The molecule has 4 nitrogen and oxygen atoms in total. The number of aromatic nitrogens is 1. The highest BCUT2D eigenvalue weighted by Crippen LogP contribution is 2.24. The maximum Gasteiger partial charge on any atom is 0.261 e. The second-order valence-corrected chi connectivity index (χ2v) is 5.09. The Kier molecular flexibility index (Phi) is 2.69. The fraction of sp³-hybridized carbons (Fsp3) is 0. The topological polar surface area (TPSA) is 69.8 Å². The zero-order valence-corrected chi connectivity index (χ0v) is 11.6. The summed E-state index contributed by atoms with van der Waals surface area (Å²) < 4.78 is 5.45. The molecule has 0 fully saturated rings. The van der Waals surface area contributed by atoms with E-state index >= 15 is 0 Å². The molecule has 0 radical (unpaired) electrons. The van der Waals surface area contributed by atoms with E-state index in [9.17, 15) is 4.79 Å². The molecule has 0 saturated heterocycles. The Morgan fingerprint density at radius 1 is 0.909 bits per heavy atom. The van der Waals surface area contributed by atoms with Gasteiger partial charge in [-0.25, -0.2) is 0 Å². The molecule has 0 atom stereocenters. The van der Waals surface area contributed by atoms with Gasteiger partial charge in [0.1, 0.15) is 11.0 Å². The van der Waals surface area contributed by atoms with Crippen molar-refractivity contribution in [1.29, 1.82) is 5.41 Å². The standard InChI is InChI=1S/C18H12N2O2/c19-17-16-13(12-8-4-5-9-15(12)22-17)10-14(20-18(16)21)11-6-2-1-3-7-11/h1-10,19H,(H,20,21). The number of fused-ring (bicyclic) bond motifs is 3. The average Bonchev–Trinajstić information content (AvgIpc) is 2.55. The van der Waals surface area contributed by atoms with E-state index < -0.39 is 0 Å². The number of para-hydroxylation sites is 1. The molecule has 0 amide bonds. The monoisotopic (exact) mass is 288 g/mol. The first kappa shape index (κ1) is 12.6. The molecule has 0 saturated carbocycles. The Hall–Kier alpha value is -3.14. The number of hydrogen-bond donors (Lipinski definition) is 2. The second-order valence-electron chi connectivity index (χ2n) is 5.09. The molecule has 4 aromatic rings. The van der Waals surface area contributed by atoms with Crippen LogP contribution in [-0.2, 0) is 0 Å². The van der Waals surface area contributed by atoms with Crippen molar-refractivity contribution < 1.29 is 4.42 Å². The minimum Gasteiger partial charge on any atom is -0.438 e. The molecule has 106 valence electrons. The normalized spacial score (nSPS) is 11.1. The van der Waals surface area contributed by atoms with Gasteiger partial charge in [0.15, 0.2) is 0 Å². The van der Waals surface area contributed by atoms with Gasteiger partial charge in [0.05, 0.1) is 0 Å². The lowest BCUT2D eigenvalue weighted by atomic mass is 10.1. The molecule has 4 heteroatoms. The fourth-order valence-electron chi connectivity index (χ4n) is 2.71. The number of benzene rings is 2. The Balaban J connectivity index is 2.19. The molecule has 2 N–H and O–H groups in total. The van der Waals surface area contributed by atoms with Gasteiger partial charge in [0.25, 0.3) is 5.56 Å². The van der Waals surface area contributed by atoms with Crippen LogP contribution in [0.3, 0.4) is 0 Å². The first-order chi connectivity index (χ1) is 10.7. The lowest BCUT2D eigenvalue weighted by Gasteiger charge is -2.06. The Morgan fingerprint density at radius 2 is 1.64 bits per heavy atom. The van der Waals surface area contributed by atoms with Crippen LogP contribution in [0.15, 0.2) is 69.9 Å². The van der Waals surface area contributed by atoms with Crippen molar-refractivity contribution in [1.82, 2.24) is 4.98 Å². The van der Waals surface area contributed by atoms with Crippen LogP contribution in [0.1, 0.15) is 0 Å². The van der Waals surface area contributed by atoms with Gasteiger partial charge in [0, 0.05) is 16.5 Å². The lowest BCUT2D eigenvalue weighted by molar-refractivity contribution is 0.542. The van der Waals surface area contributed by atoms with E-state index in [1.807, 2.05) is 54.6 Å². The van der Waals surface area contributed by atoms with Crippen LogP contribution >= 0.6 is 0 Å². The maximum atomic E-state index is 12.4. The van der Waals surface area contributed by atoms with Crippen molar-refractivity contribution in [3.63, 3.8) is 0 Å². The number of hydrogen-bond acceptors (Lipinski definition) is 3. The van der Waals surface area contributed by atoms with E-state index in [1.54, 1.807) is 6.07 Å². The zero-order chi connectivity index (χ0) is 15.1. The molecule has 2 heterocycles. The predicted octanol–water partition coefficient (Wildman–Crippen LogP) is 3.42. The van der Waals surface area contributed by atoms with Gasteiger partial charge in [-0.1, -0.05) is 48.5 Å². The number of nitrogens with one attached hydrogen (secondary N) is 2. The van der Waals surface area contributed by atoms with Gasteiger partial charge in [-0.05, 0) is 17.7 Å². The molecule has 2 aromatic heterocycles. The second kappa shape index (κ2) is 4.70. The molecular formula is C18H12N2O2. The van der Waals surface area contributed by atoms with Crippen LogP contribution in [-0.4, -0.2) is 4.98 Å². The number of H-pyrrole nitrogens is 1. The summed E-state index contributed by atoms with van der Waals surface area (Å²) in [6, 6.07) is 19.0. The highest BCUT2D eigenvalue weighted by molar-refractivity contribution is 6.04. The summed E-state index contributed by atoms with van der Waals surface area (Å²) in [5.41, 5.74) is 1.83. The quantitative estimate of drug-likeness (QED) is 0.527. The van der Waals surface area contributed by atoms with Gasteiger partial charge in [-0.3, -0.25) is 10.2 Å². The van der Waals surface area contributed by atoms with Crippen LogP contribution in [0.2, 0.25) is 0 Å². The van der Waals surface area contributed by atoms with E-state index in [0.29, 0.717) is 5.58 Å². The third-order valence-electron chi connectivity index (χ3n) is 3.73. The van der Waals surface area contributed by atoms with E-state index in [-0.39, 0.29) is 16.5 Å². The van der Waals surface area contributed by atoms with Crippen LogP contribution in [0, 0.1) is 5.41 Å². The minimum atomic E-state index is -0.309. The van der Waals surface area contributed by atoms with E-state index in [4.69, 9.17) is 9.83 Å². The van der Waals surface area contributed by atoms with Crippen LogP contribution in [0.4, 0.5) is 0 Å². The Bertz CT molecular complexity index is 1110. The van der Waals surface area contributed by atoms with Gasteiger partial charge in [0.2, 0.25) is 5.55 Å². The summed E-state index contributed by atoms with van der Waals surface area (Å²) >= 11 is 0. The molecule has 22 heavy (non-hydrogen) atoms. The average molecular weight is 288 g/mol. The molecule has 0 aliphatic heterocycles. The SMILES string of the molecule is N=c1oc2ccccc2c2cc(-c3ccccc3)[nH]c(=O)c12. The summed E-state index contributed by atoms with van der Waals surface area (Å²) in [6.07, 6.45) is 0. The molecular weight excluding hydrogens is 276 g/mol. The molecule has 0 bridgehead atoms. The molecule has 0 aliphatic carbocycles. The van der Waals surface area contributed by atoms with Crippen LogP contribution in [0.25, 0.3) is 33.0 Å². The lowest BCUT2D eigenvalue weighted by Crippen LogP contribution is -2.16. The predicted molar refractivity (Wildman–Crippen MR) is 85.6 cm³/mol. The molecule has 0 unspecified atom stereocenters. The summed E-state index contributed by atoms with van der Waals surface area (Å²) in [7, 11) is 0. The number of pyridine rings is 1. The first-order valence-corrected chi connectivity index (χ1v) is 6.93. The zero-order valence-electron chi connectivity index (χ0n) is 11.6. The molecule has 2 aromatic carbocycles.